The predicted octanol–water partition coefficient (Wildman–Crippen LogP) is 1.38. The summed E-state index contributed by atoms with van der Waals surface area (Å²) in [7, 11) is -4.33. The van der Waals surface area contributed by atoms with Gasteiger partial charge in [0.15, 0.2) is 4.90 Å². The Morgan fingerprint density at radius 1 is 1.05 bits per heavy atom. The molecule has 1 aromatic carbocycles. The Balaban J connectivity index is 2.78. The Morgan fingerprint density at radius 2 is 1.63 bits per heavy atom. The van der Waals surface area contributed by atoms with E-state index in [1.54, 1.807) is 0 Å². The number of benzene rings is 1. The lowest BCUT2D eigenvalue weighted by Crippen LogP contribution is -2.33. The number of nitrogens with one attached hydrogen (secondary N) is 2. The Morgan fingerprint density at radius 3 is 2.16 bits per heavy atom. The lowest BCUT2D eigenvalue weighted by atomic mass is 10.3. The van der Waals surface area contributed by atoms with Gasteiger partial charge in [-0.05, 0) is 13.0 Å². The molecule has 108 valence electrons. The molecule has 0 spiro atoms. The van der Waals surface area contributed by atoms with Gasteiger partial charge >= 0.3 is 0 Å². The van der Waals surface area contributed by atoms with Crippen LogP contribution in [0.25, 0.3) is 0 Å². The first-order chi connectivity index (χ1) is 8.88. The van der Waals surface area contributed by atoms with Crippen molar-refractivity contribution in [3.8, 4) is 0 Å². The highest BCUT2D eigenvalue weighted by Gasteiger charge is 2.24. The smallest absolute Gasteiger partial charge is 0.246 e. The molecule has 19 heavy (non-hydrogen) atoms. The van der Waals surface area contributed by atoms with Crippen molar-refractivity contribution in [1.82, 2.24) is 10.0 Å². The van der Waals surface area contributed by atoms with Crippen LogP contribution in [0.3, 0.4) is 0 Å². The van der Waals surface area contributed by atoms with Crippen molar-refractivity contribution in [1.29, 1.82) is 0 Å². The second-order valence-corrected chi connectivity index (χ2v) is 5.55. The first kappa shape index (κ1) is 15.9. The van der Waals surface area contributed by atoms with E-state index < -0.39 is 32.4 Å². The van der Waals surface area contributed by atoms with E-state index in [0.29, 0.717) is 25.2 Å². The van der Waals surface area contributed by atoms with E-state index in [-0.39, 0.29) is 6.54 Å². The second kappa shape index (κ2) is 6.88. The summed E-state index contributed by atoms with van der Waals surface area (Å²) in [6.45, 7) is 2.97. The third-order valence-corrected chi connectivity index (χ3v) is 3.76. The van der Waals surface area contributed by atoms with Crippen molar-refractivity contribution in [2.24, 2.45) is 0 Å². The maximum atomic E-state index is 13.3. The van der Waals surface area contributed by atoms with E-state index in [2.05, 4.69) is 5.32 Å². The van der Waals surface area contributed by atoms with Gasteiger partial charge in [0.2, 0.25) is 10.0 Å². The fraction of sp³-hybridized carbons (Fsp3) is 0.455. The van der Waals surface area contributed by atoms with Crippen LogP contribution in [-0.2, 0) is 10.0 Å². The van der Waals surface area contributed by atoms with Crippen molar-refractivity contribution in [2.45, 2.75) is 18.2 Å². The molecular formula is C11H15F3N2O2S. The number of halogens is 3. The molecule has 1 aromatic rings. The van der Waals surface area contributed by atoms with Crippen LogP contribution in [0.1, 0.15) is 13.3 Å². The molecule has 0 aromatic heterocycles. The molecule has 0 radical (unpaired) electrons. The second-order valence-electron chi connectivity index (χ2n) is 3.85. The Kier molecular flexibility index (Phi) is 5.77. The molecule has 0 fully saturated rings. The van der Waals surface area contributed by atoms with E-state index in [4.69, 9.17) is 0 Å². The van der Waals surface area contributed by atoms with Crippen LogP contribution in [-0.4, -0.2) is 28.1 Å². The van der Waals surface area contributed by atoms with Crippen LogP contribution >= 0.6 is 0 Å². The largest absolute Gasteiger partial charge is 0.315 e. The minimum absolute atomic E-state index is 0.0153. The summed E-state index contributed by atoms with van der Waals surface area (Å²) in [6.07, 6.45) is 0.883. The molecule has 0 aliphatic carbocycles. The molecule has 0 saturated heterocycles. The molecule has 0 bridgehead atoms. The zero-order valence-corrected chi connectivity index (χ0v) is 11.2. The summed E-state index contributed by atoms with van der Waals surface area (Å²) in [5.41, 5.74) is 0. The summed E-state index contributed by atoms with van der Waals surface area (Å²) >= 11 is 0. The summed E-state index contributed by atoms with van der Waals surface area (Å²) < 4.78 is 64.7. The molecule has 8 heteroatoms. The molecule has 0 aliphatic rings. The maximum absolute atomic E-state index is 13.3. The van der Waals surface area contributed by atoms with Crippen molar-refractivity contribution in [3.63, 3.8) is 0 Å². The van der Waals surface area contributed by atoms with Gasteiger partial charge in [-0.3, -0.25) is 0 Å². The first-order valence-corrected chi connectivity index (χ1v) is 7.21. The Bertz CT molecular complexity index is 512. The molecule has 0 heterocycles. The highest BCUT2D eigenvalue weighted by Crippen LogP contribution is 2.19. The van der Waals surface area contributed by atoms with E-state index in [1.807, 2.05) is 11.6 Å². The molecule has 4 nitrogen and oxygen atoms in total. The molecule has 0 aliphatic heterocycles. The Labute approximate surface area is 110 Å². The van der Waals surface area contributed by atoms with Crippen LogP contribution in [0.4, 0.5) is 13.2 Å². The van der Waals surface area contributed by atoms with Gasteiger partial charge in [0.25, 0.3) is 0 Å². The number of sulfonamides is 1. The summed E-state index contributed by atoms with van der Waals surface area (Å²) in [6, 6.07) is 0.653. The van der Waals surface area contributed by atoms with Gasteiger partial charge in [-0.25, -0.2) is 26.3 Å². The van der Waals surface area contributed by atoms with Gasteiger partial charge in [-0.2, -0.15) is 0 Å². The van der Waals surface area contributed by atoms with Crippen LogP contribution < -0.4 is 10.0 Å². The van der Waals surface area contributed by atoms with Crippen molar-refractivity contribution in [2.75, 3.05) is 19.6 Å². The number of rotatable bonds is 7. The molecule has 0 amide bonds. The van der Waals surface area contributed by atoms with Gasteiger partial charge in [-0.15, -0.1) is 0 Å². The maximum Gasteiger partial charge on any atom is 0.246 e. The van der Waals surface area contributed by atoms with Crippen molar-refractivity contribution in [3.05, 3.63) is 29.6 Å². The van der Waals surface area contributed by atoms with Crippen LogP contribution in [0, 0.1) is 17.5 Å². The standard InChI is InChI=1S/C11H15F3N2O2S/c1-2-3-15-4-5-16-19(17,18)11-9(13)6-8(12)7-10(11)14/h6-7,15-16H,2-5H2,1H3. The average molecular weight is 296 g/mol. The minimum atomic E-state index is -4.33. The Hall–Kier alpha value is -1.12. The van der Waals surface area contributed by atoms with Crippen LogP contribution in [0.5, 0.6) is 0 Å². The van der Waals surface area contributed by atoms with E-state index in [0.717, 1.165) is 6.42 Å². The van der Waals surface area contributed by atoms with Gasteiger partial charge < -0.3 is 5.32 Å². The number of hydrogen-bond donors (Lipinski definition) is 2. The van der Waals surface area contributed by atoms with Crippen LogP contribution in [0.15, 0.2) is 17.0 Å². The van der Waals surface area contributed by atoms with Gasteiger partial charge in [0.05, 0.1) is 0 Å². The highest BCUT2D eigenvalue weighted by atomic mass is 32.2. The van der Waals surface area contributed by atoms with E-state index in [1.165, 1.54) is 0 Å². The van der Waals surface area contributed by atoms with Crippen molar-refractivity contribution >= 4 is 10.0 Å². The minimum Gasteiger partial charge on any atom is -0.315 e. The van der Waals surface area contributed by atoms with E-state index in [9.17, 15) is 21.6 Å². The van der Waals surface area contributed by atoms with Crippen molar-refractivity contribution < 1.29 is 21.6 Å². The molecule has 0 saturated carbocycles. The molecule has 0 unspecified atom stereocenters. The first-order valence-electron chi connectivity index (χ1n) is 5.73. The van der Waals surface area contributed by atoms with Gasteiger partial charge in [0.1, 0.15) is 17.5 Å². The molecule has 1 rings (SSSR count). The zero-order valence-electron chi connectivity index (χ0n) is 10.3. The fourth-order valence-electron chi connectivity index (χ4n) is 1.43. The third-order valence-electron chi connectivity index (χ3n) is 2.25. The highest BCUT2D eigenvalue weighted by molar-refractivity contribution is 7.89. The third kappa shape index (κ3) is 4.48. The summed E-state index contributed by atoms with van der Waals surface area (Å²) in [4.78, 5) is -1.16. The quantitative estimate of drug-likeness (QED) is 0.747. The summed E-state index contributed by atoms with van der Waals surface area (Å²) in [5, 5.41) is 2.92. The van der Waals surface area contributed by atoms with Gasteiger partial charge in [0, 0.05) is 25.2 Å². The predicted molar refractivity (Wildman–Crippen MR) is 64.7 cm³/mol. The van der Waals surface area contributed by atoms with Gasteiger partial charge in [-0.1, -0.05) is 6.92 Å². The zero-order chi connectivity index (χ0) is 14.5. The molecule has 0 atom stereocenters. The average Bonchev–Trinajstić information content (AvgIpc) is 2.26. The fourth-order valence-corrected chi connectivity index (χ4v) is 2.58. The topological polar surface area (TPSA) is 58.2 Å². The SMILES string of the molecule is CCCNCCNS(=O)(=O)c1c(F)cc(F)cc1F. The lowest BCUT2D eigenvalue weighted by Gasteiger charge is -2.09. The summed E-state index contributed by atoms with van der Waals surface area (Å²) in [5.74, 6) is -4.07. The number of hydrogen-bond acceptors (Lipinski definition) is 3. The lowest BCUT2D eigenvalue weighted by molar-refractivity contribution is 0.493. The molecular weight excluding hydrogens is 281 g/mol. The van der Waals surface area contributed by atoms with Crippen LogP contribution in [0.2, 0.25) is 0 Å². The molecule has 2 N–H and O–H groups in total. The van der Waals surface area contributed by atoms with E-state index >= 15 is 0 Å². The monoisotopic (exact) mass is 296 g/mol. The normalized spacial score (nSPS) is 11.8.